The molecule has 0 atom stereocenters. The number of carbonyl (C=O) groups is 2. The Bertz CT molecular complexity index is 188. The van der Waals surface area contributed by atoms with Crippen molar-refractivity contribution in [2.45, 2.75) is 19.5 Å². The molecule has 1 amide bonds. The van der Waals surface area contributed by atoms with Crippen molar-refractivity contribution in [3.63, 3.8) is 0 Å². The Morgan fingerprint density at radius 3 is 2.17 bits per heavy atom. The molecule has 0 aliphatic rings. The van der Waals surface area contributed by atoms with Crippen LogP contribution in [0.3, 0.4) is 0 Å². The van der Waals surface area contributed by atoms with Gasteiger partial charge in [-0.2, -0.15) is 13.2 Å². The van der Waals surface area contributed by atoms with Gasteiger partial charge in [0.25, 0.3) is 5.78 Å². The van der Waals surface area contributed by atoms with Crippen molar-refractivity contribution in [2.24, 2.45) is 0 Å². The molecule has 0 rings (SSSR count). The zero-order valence-electron chi connectivity index (χ0n) is 6.36. The van der Waals surface area contributed by atoms with Crippen molar-refractivity contribution in [3.8, 4) is 0 Å². The maximum atomic E-state index is 11.5. The van der Waals surface area contributed by atoms with Gasteiger partial charge in [0.05, 0.1) is 6.54 Å². The molecule has 0 heterocycles. The summed E-state index contributed by atoms with van der Waals surface area (Å²) in [5.41, 5.74) is 0. The number of alkyl halides is 3. The highest BCUT2D eigenvalue weighted by molar-refractivity contribution is 5.89. The molecule has 6 heteroatoms. The molecule has 0 bridgehead atoms. The molecule has 0 aromatic heterocycles. The smallest absolute Gasteiger partial charge is 0.349 e. The number of nitrogens with one attached hydrogen (secondary N) is 1. The van der Waals surface area contributed by atoms with Gasteiger partial charge >= 0.3 is 6.18 Å². The number of halogens is 3. The minimum Gasteiger partial charge on any atom is -0.349 e. The lowest BCUT2D eigenvalue weighted by molar-refractivity contribution is -0.170. The molecule has 0 unspecified atom stereocenters. The Balaban J connectivity index is 3.81. The maximum Gasteiger partial charge on any atom is 0.451 e. The lowest BCUT2D eigenvalue weighted by Gasteiger charge is -2.05. The Morgan fingerprint density at radius 1 is 1.33 bits per heavy atom. The topological polar surface area (TPSA) is 46.2 Å². The van der Waals surface area contributed by atoms with E-state index < -0.39 is 24.4 Å². The second-order valence-electron chi connectivity index (χ2n) is 2.05. The predicted molar refractivity (Wildman–Crippen MR) is 34.4 cm³/mol. The minimum absolute atomic E-state index is 0.0607. The number of Topliss-reactive ketones (excluding diaryl/α,β-unsaturated/α-hetero) is 1. The lowest BCUT2D eigenvalue weighted by Crippen LogP contribution is -2.36. The van der Waals surface area contributed by atoms with Crippen LogP contribution in [0.4, 0.5) is 13.2 Å². The fourth-order valence-electron chi connectivity index (χ4n) is 0.404. The summed E-state index contributed by atoms with van der Waals surface area (Å²) in [5.74, 6) is -2.52. The average molecular weight is 183 g/mol. The summed E-state index contributed by atoms with van der Waals surface area (Å²) >= 11 is 0. The quantitative estimate of drug-likeness (QED) is 0.698. The first-order valence-corrected chi connectivity index (χ1v) is 3.24. The second-order valence-corrected chi connectivity index (χ2v) is 2.05. The van der Waals surface area contributed by atoms with E-state index >= 15 is 0 Å². The summed E-state index contributed by atoms with van der Waals surface area (Å²) in [6, 6.07) is 0. The molecule has 0 aromatic rings. The van der Waals surface area contributed by atoms with Crippen molar-refractivity contribution in [2.75, 3.05) is 6.54 Å². The summed E-state index contributed by atoms with van der Waals surface area (Å²) < 4.78 is 34.5. The van der Waals surface area contributed by atoms with Crippen LogP contribution in [-0.2, 0) is 9.59 Å². The Hall–Kier alpha value is -1.07. The standard InChI is InChI=1S/C6H8F3NO2/c1-2-5(12)10-3-4(11)6(7,8)9/h2-3H2,1H3,(H,10,12). The van der Waals surface area contributed by atoms with Gasteiger partial charge in [-0.15, -0.1) is 0 Å². The van der Waals surface area contributed by atoms with Crippen molar-refractivity contribution < 1.29 is 22.8 Å². The Labute approximate surface area is 66.9 Å². The lowest BCUT2D eigenvalue weighted by atomic mass is 10.3. The second kappa shape index (κ2) is 4.08. The molecule has 0 aromatic carbocycles. The van der Waals surface area contributed by atoms with E-state index in [4.69, 9.17) is 0 Å². The molecule has 3 nitrogen and oxygen atoms in total. The van der Waals surface area contributed by atoms with E-state index in [1.807, 2.05) is 5.32 Å². The predicted octanol–water partition coefficient (Wildman–Crippen LogP) is 0.644. The van der Waals surface area contributed by atoms with Crippen LogP contribution in [0.1, 0.15) is 13.3 Å². The number of rotatable bonds is 3. The first-order chi connectivity index (χ1) is 5.38. The largest absolute Gasteiger partial charge is 0.451 e. The highest BCUT2D eigenvalue weighted by atomic mass is 19.4. The SMILES string of the molecule is CCC(=O)NCC(=O)C(F)(F)F. The van der Waals surface area contributed by atoms with Crippen LogP contribution in [0.2, 0.25) is 0 Å². The van der Waals surface area contributed by atoms with Crippen molar-refractivity contribution in [3.05, 3.63) is 0 Å². The van der Waals surface area contributed by atoms with E-state index in [2.05, 4.69) is 0 Å². The number of amides is 1. The van der Waals surface area contributed by atoms with Gasteiger partial charge in [0.1, 0.15) is 0 Å². The van der Waals surface area contributed by atoms with Crippen LogP contribution < -0.4 is 5.32 Å². The fraction of sp³-hybridized carbons (Fsp3) is 0.667. The first-order valence-electron chi connectivity index (χ1n) is 3.24. The zero-order valence-corrected chi connectivity index (χ0v) is 6.36. The molecule has 0 saturated carbocycles. The van der Waals surface area contributed by atoms with Gasteiger partial charge in [-0.3, -0.25) is 9.59 Å². The van der Waals surface area contributed by atoms with E-state index in [1.54, 1.807) is 0 Å². The van der Waals surface area contributed by atoms with Crippen molar-refractivity contribution >= 4 is 11.7 Å². The van der Waals surface area contributed by atoms with E-state index in [0.717, 1.165) is 0 Å². The fourth-order valence-corrected chi connectivity index (χ4v) is 0.404. The van der Waals surface area contributed by atoms with Gasteiger partial charge in [0, 0.05) is 6.42 Å². The van der Waals surface area contributed by atoms with Gasteiger partial charge < -0.3 is 5.32 Å². The molecule has 0 saturated heterocycles. The molecule has 0 fully saturated rings. The summed E-state index contributed by atoms with van der Waals surface area (Å²) in [6.45, 7) is 0.504. The van der Waals surface area contributed by atoms with Gasteiger partial charge in [0.15, 0.2) is 0 Å². The summed E-state index contributed by atoms with van der Waals surface area (Å²) in [6.07, 6.45) is -4.80. The maximum absolute atomic E-state index is 11.5. The summed E-state index contributed by atoms with van der Waals surface area (Å²) in [5, 5.41) is 1.83. The van der Waals surface area contributed by atoms with Crippen LogP contribution >= 0.6 is 0 Å². The van der Waals surface area contributed by atoms with Gasteiger partial charge in [-0.05, 0) is 0 Å². The van der Waals surface area contributed by atoms with Crippen LogP contribution in [0.5, 0.6) is 0 Å². The highest BCUT2D eigenvalue weighted by Crippen LogP contribution is 2.14. The molecule has 12 heavy (non-hydrogen) atoms. The number of hydrogen-bond acceptors (Lipinski definition) is 2. The molecule has 0 aliphatic carbocycles. The molecule has 1 N–H and O–H groups in total. The Morgan fingerprint density at radius 2 is 1.83 bits per heavy atom. The van der Waals surface area contributed by atoms with Gasteiger partial charge in [-0.1, -0.05) is 6.92 Å². The monoisotopic (exact) mass is 183 g/mol. The molecule has 70 valence electrons. The molecule has 0 radical (unpaired) electrons. The number of carbonyl (C=O) groups excluding carboxylic acids is 2. The Kier molecular flexibility index (Phi) is 3.72. The third kappa shape index (κ3) is 3.95. The normalized spacial score (nSPS) is 11.0. The average Bonchev–Trinajstić information content (AvgIpc) is 1.97. The third-order valence-corrected chi connectivity index (χ3v) is 1.08. The van der Waals surface area contributed by atoms with Crippen LogP contribution in [-0.4, -0.2) is 24.4 Å². The molecular formula is C6H8F3NO2. The van der Waals surface area contributed by atoms with E-state index in [-0.39, 0.29) is 6.42 Å². The highest BCUT2D eigenvalue weighted by Gasteiger charge is 2.37. The zero-order chi connectivity index (χ0) is 9.78. The van der Waals surface area contributed by atoms with Crippen molar-refractivity contribution in [1.82, 2.24) is 5.32 Å². The van der Waals surface area contributed by atoms with Gasteiger partial charge in [-0.25, -0.2) is 0 Å². The first kappa shape index (κ1) is 10.9. The van der Waals surface area contributed by atoms with Crippen LogP contribution in [0, 0.1) is 0 Å². The summed E-state index contributed by atoms with van der Waals surface area (Å²) in [4.78, 5) is 20.6. The molecule has 0 spiro atoms. The number of ketones is 1. The van der Waals surface area contributed by atoms with E-state index in [0.29, 0.717) is 0 Å². The molecular weight excluding hydrogens is 175 g/mol. The van der Waals surface area contributed by atoms with Crippen molar-refractivity contribution in [1.29, 1.82) is 0 Å². The minimum atomic E-state index is -4.86. The number of hydrogen-bond donors (Lipinski definition) is 1. The van der Waals surface area contributed by atoms with Crippen LogP contribution in [0.15, 0.2) is 0 Å². The molecule has 0 aliphatic heterocycles. The van der Waals surface area contributed by atoms with Gasteiger partial charge in [0.2, 0.25) is 5.91 Å². The van der Waals surface area contributed by atoms with Crippen LogP contribution in [0.25, 0.3) is 0 Å². The van der Waals surface area contributed by atoms with E-state index in [9.17, 15) is 22.8 Å². The van der Waals surface area contributed by atoms with E-state index in [1.165, 1.54) is 6.92 Å². The summed E-state index contributed by atoms with van der Waals surface area (Å²) in [7, 11) is 0. The third-order valence-electron chi connectivity index (χ3n) is 1.08.